The van der Waals surface area contributed by atoms with E-state index in [1.807, 2.05) is 0 Å². The Morgan fingerprint density at radius 3 is 2.45 bits per heavy atom. The lowest BCUT2D eigenvalue weighted by Crippen LogP contribution is -2.58. The van der Waals surface area contributed by atoms with Gasteiger partial charge in [-0.15, -0.1) is 0 Å². The van der Waals surface area contributed by atoms with Crippen LogP contribution in [-0.4, -0.2) is 32.1 Å². The van der Waals surface area contributed by atoms with E-state index in [-0.39, 0.29) is 21.3 Å². The summed E-state index contributed by atoms with van der Waals surface area (Å²) in [7, 11) is 0. The van der Waals surface area contributed by atoms with Crippen molar-refractivity contribution in [3.63, 3.8) is 0 Å². The van der Waals surface area contributed by atoms with E-state index in [4.69, 9.17) is 0 Å². The van der Waals surface area contributed by atoms with E-state index in [1.54, 1.807) is 12.1 Å². The number of amides is 1. The number of rotatable bonds is 3. The van der Waals surface area contributed by atoms with E-state index in [9.17, 15) is 18.0 Å². The Bertz CT molecular complexity index is 982. The van der Waals surface area contributed by atoms with Gasteiger partial charge >= 0.3 is 5.91 Å². The largest absolute Gasteiger partial charge is 0.354 e. The van der Waals surface area contributed by atoms with Gasteiger partial charge in [0.05, 0.1) is 12.0 Å². The molecule has 2 aromatic rings. The number of piperidine rings is 1. The molecule has 2 heterocycles. The highest BCUT2D eigenvalue weighted by Gasteiger charge is 2.59. The van der Waals surface area contributed by atoms with Gasteiger partial charge in [0.15, 0.2) is 0 Å². The Labute approximate surface area is 168 Å². The predicted octanol–water partition coefficient (Wildman–Crippen LogP) is 4.30. The van der Waals surface area contributed by atoms with Gasteiger partial charge in [-0.25, -0.2) is 22.4 Å². The summed E-state index contributed by atoms with van der Waals surface area (Å²) in [4.78, 5) is 13.8. The number of hydrogen-bond acceptors (Lipinski definition) is 2. The van der Waals surface area contributed by atoms with E-state index in [2.05, 4.69) is 5.32 Å². The summed E-state index contributed by atoms with van der Waals surface area (Å²) in [5, 5.41) is 3.34. The molecule has 1 N–H and O–H groups in total. The summed E-state index contributed by atoms with van der Waals surface area (Å²) in [6.07, 6.45) is 3.66. The first kappa shape index (κ1) is 18.8. The minimum Gasteiger partial charge on any atom is -0.317 e. The number of benzene rings is 2. The fourth-order valence-corrected chi connectivity index (χ4v) is 5.39. The third kappa shape index (κ3) is 3.01. The molecule has 2 aromatic carbocycles. The molecule has 1 aliphatic carbocycles. The molecule has 3 aliphatic rings. The first-order chi connectivity index (χ1) is 13.9. The van der Waals surface area contributed by atoms with Crippen LogP contribution in [-0.2, 0) is 5.41 Å². The van der Waals surface area contributed by atoms with E-state index in [0.717, 1.165) is 68.2 Å². The Kier molecular flexibility index (Phi) is 4.33. The average Bonchev–Trinajstić information content (AvgIpc) is 3.49. The van der Waals surface area contributed by atoms with Crippen molar-refractivity contribution < 1.29 is 18.0 Å². The van der Waals surface area contributed by atoms with Crippen LogP contribution >= 0.6 is 0 Å². The average molecular weight is 401 g/mol. The van der Waals surface area contributed by atoms with Crippen LogP contribution < -0.4 is 9.80 Å². The second-order valence-corrected chi connectivity index (χ2v) is 8.87. The number of halogens is 3. The number of nitrogens with one attached hydrogen (secondary N) is 1. The van der Waals surface area contributed by atoms with Gasteiger partial charge in [0.1, 0.15) is 35.2 Å². The molecular formula is C23H24F3N2O+. The van der Waals surface area contributed by atoms with Crippen LogP contribution in [0.4, 0.5) is 18.9 Å². The SMILES string of the molecule is O=C(c1cc(F)ccc1F)[N+]1(CC2CC2)CC2(CCNCC2)c2cc(F)ccc21. The highest BCUT2D eigenvalue weighted by atomic mass is 19.1. The van der Waals surface area contributed by atoms with Crippen molar-refractivity contribution in [1.29, 1.82) is 0 Å². The molecule has 1 atom stereocenters. The third-order valence-corrected chi connectivity index (χ3v) is 6.94. The molecular weight excluding hydrogens is 377 g/mol. The first-order valence-corrected chi connectivity index (χ1v) is 10.3. The molecule has 1 amide bonds. The number of carbonyl (C=O) groups excluding carboxylic acids is 1. The maximum Gasteiger partial charge on any atom is 0.354 e. The first-order valence-electron chi connectivity index (χ1n) is 10.3. The topological polar surface area (TPSA) is 29.1 Å². The molecule has 3 nitrogen and oxygen atoms in total. The molecule has 0 aromatic heterocycles. The van der Waals surface area contributed by atoms with Gasteiger partial charge < -0.3 is 5.32 Å². The Balaban J connectivity index is 1.70. The van der Waals surface area contributed by atoms with E-state index < -0.39 is 17.5 Å². The van der Waals surface area contributed by atoms with Crippen molar-refractivity contribution in [2.24, 2.45) is 5.92 Å². The Hall–Kier alpha value is -2.18. The zero-order chi connectivity index (χ0) is 20.2. The molecule has 5 rings (SSSR count). The van der Waals surface area contributed by atoms with Crippen LogP contribution in [0.15, 0.2) is 36.4 Å². The lowest BCUT2D eigenvalue weighted by atomic mass is 9.74. The predicted molar refractivity (Wildman–Crippen MR) is 105 cm³/mol. The summed E-state index contributed by atoms with van der Waals surface area (Å²) < 4.78 is 42.7. The molecule has 0 bridgehead atoms. The standard InChI is InChI=1S/C23H24F3N2O/c24-16-3-5-20(26)18(11-16)22(29)28(13-15-1-2-15)14-23(7-9-27-10-8-23)19-12-17(25)4-6-21(19)28/h3-6,11-12,15,27H,1-2,7-10,13-14H2/q+1. The lowest BCUT2D eigenvalue weighted by Gasteiger charge is -2.37. The minimum atomic E-state index is -0.709. The van der Waals surface area contributed by atoms with Gasteiger partial charge in [-0.05, 0) is 69.1 Å². The number of nitrogens with zero attached hydrogens (tertiary/aromatic N) is 1. The van der Waals surface area contributed by atoms with Crippen LogP contribution in [0.5, 0.6) is 0 Å². The molecule has 1 saturated heterocycles. The fraction of sp³-hybridized carbons (Fsp3) is 0.435. The molecule has 0 radical (unpaired) electrons. The summed E-state index contributed by atoms with van der Waals surface area (Å²) in [5.74, 6) is -1.70. The molecule has 1 unspecified atom stereocenters. The lowest BCUT2D eigenvalue weighted by molar-refractivity contribution is 0.0726. The number of carbonyl (C=O) groups is 1. The van der Waals surface area contributed by atoms with Crippen LogP contribution in [0.2, 0.25) is 0 Å². The van der Waals surface area contributed by atoms with Crippen molar-refractivity contribution in [1.82, 2.24) is 9.80 Å². The van der Waals surface area contributed by atoms with Crippen molar-refractivity contribution >= 4 is 11.6 Å². The van der Waals surface area contributed by atoms with Crippen molar-refractivity contribution in [2.75, 3.05) is 26.2 Å². The number of hydrogen-bond donors (Lipinski definition) is 1. The zero-order valence-electron chi connectivity index (χ0n) is 16.2. The highest BCUT2D eigenvalue weighted by molar-refractivity contribution is 6.04. The minimum absolute atomic E-state index is 0.0410. The van der Waals surface area contributed by atoms with Crippen molar-refractivity contribution in [2.45, 2.75) is 31.1 Å². The monoisotopic (exact) mass is 401 g/mol. The van der Waals surface area contributed by atoms with Crippen LogP contribution in [0, 0.1) is 23.4 Å². The Morgan fingerprint density at radius 1 is 1.03 bits per heavy atom. The second kappa shape index (κ2) is 6.67. The van der Waals surface area contributed by atoms with Gasteiger partial charge in [0.25, 0.3) is 0 Å². The van der Waals surface area contributed by atoms with Gasteiger partial charge in [0.2, 0.25) is 0 Å². The normalized spacial score (nSPS) is 25.2. The maximum atomic E-state index is 14.6. The zero-order valence-corrected chi connectivity index (χ0v) is 16.2. The third-order valence-electron chi connectivity index (χ3n) is 6.94. The Morgan fingerprint density at radius 2 is 1.72 bits per heavy atom. The van der Waals surface area contributed by atoms with Crippen molar-refractivity contribution in [3.05, 3.63) is 65.0 Å². The van der Waals surface area contributed by atoms with Crippen LogP contribution in [0.1, 0.15) is 41.6 Å². The molecule has 6 heteroatoms. The summed E-state index contributed by atoms with van der Waals surface area (Å²) >= 11 is 0. The van der Waals surface area contributed by atoms with E-state index in [0.29, 0.717) is 19.0 Å². The molecule has 2 aliphatic heterocycles. The molecule has 152 valence electrons. The summed E-state index contributed by atoms with van der Waals surface area (Å²) in [6.45, 7) is 2.63. The van der Waals surface area contributed by atoms with E-state index in [1.165, 1.54) is 6.07 Å². The molecule has 1 saturated carbocycles. The molecule has 2 fully saturated rings. The van der Waals surface area contributed by atoms with Gasteiger partial charge in [0, 0.05) is 17.5 Å². The summed E-state index contributed by atoms with van der Waals surface area (Å²) in [6, 6.07) is 7.67. The number of quaternary nitrogens is 1. The van der Waals surface area contributed by atoms with Crippen LogP contribution in [0.25, 0.3) is 0 Å². The highest BCUT2D eigenvalue weighted by Crippen LogP contribution is 2.52. The van der Waals surface area contributed by atoms with E-state index >= 15 is 0 Å². The fourth-order valence-electron chi connectivity index (χ4n) is 5.39. The quantitative estimate of drug-likeness (QED) is 0.778. The summed E-state index contributed by atoms with van der Waals surface area (Å²) in [5.41, 5.74) is 1.09. The van der Waals surface area contributed by atoms with Crippen LogP contribution in [0.3, 0.4) is 0 Å². The van der Waals surface area contributed by atoms with Gasteiger partial charge in [-0.2, -0.15) is 0 Å². The van der Waals surface area contributed by atoms with Gasteiger partial charge in [-0.3, -0.25) is 0 Å². The smallest absolute Gasteiger partial charge is 0.317 e. The van der Waals surface area contributed by atoms with Gasteiger partial charge in [-0.1, -0.05) is 0 Å². The second-order valence-electron chi connectivity index (χ2n) is 8.87. The molecule has 1 spiro atoms. The number of fused-ring (bicyclic) bond motifs is 2. The van der Waals surface area contributed by atoms with Crippen molar-refractivity contribution in [3.8, 4) is 0 Å². The molecule has 29 heavy (non-hydrogen) atoms. The maximum absolute atomic E-state index is 14.6.